The van der Waals surface area contributed by atoms with Gasteiger partial charge in [0.25, 0.3) is 0 Å². The Balaban J connectivity index is 2.07. The van der Waals surface area contributed by atoms with E-state index in [1.807, 2.05) is 24.3 Å². The fourth-order valence-corrected chi connectivity index (χ4v) is 2.23. The molecule has 0 radical (unpaired) electrons. The molecule has 0 aliphatic carbocycles. The van der Waals surface area contributed by atoms with Crippen LogP contribution in [0.5, 0.6) is 5.75 Å². The number of halogens is 2. The highest BCUT2D eigenvalue weighted by molar-refractivity contribution is 5.29. The van der Waals surface area contributed by atoms with Crippen LogP contribution in [0.25, 0.3) is 0 Å². The van der Waals surface area contributed by atoms with Gasteiger partial charge in [-0.15, -0.1) is 0 Å². The van der Waals surface area contributed by atoms with Crippen molar-refractivity contribution in [1.29, 1.82) is 0 Å². The first-order valence-corrected chi connectivity index (χ1v) is 6.65. The lowest BCUT2D eigenvalue weighted by molar-refractivity contribution is 0.413. The predicted octanol–water partition coefficient (Wildman–Crippen LogP) is 2.59. The van der Waals surface area contributed by atoms with E-state index in [4.69, 9.17) is 10.6 Å². The second-order valence-electron chi connectivity index (χ2n) is 4.87. The van der Waals surface area contributed by atoms with Crippen molar-refractivity contribution in [2.75, 3.05) is 7.11 Å². The van der Waals surface area contributed by atoms with E-state index in [1.165, 1.54) is 6.07 Å². The smallest absolute Gasteiger partial charge is 0.159 e. The summed E-state index contributed by atoms with van der Waals surface area (Å²) in [4.78, 5) is 0. The molecule has 5 heteroatoms. The number of hydrazine groups is 1. The maximum atomic E-state index is 13.2. The molecule has 21 heavy (non-hydrogen) atoms. The molecule has 0 aromatic heterocycles. The topological polar surface area (TPSA) is 47.3 Å². The molecular weight excluding hydrogens is 274 g/mol. The third kappa shape index (κ3) is 4.24. The van der Waals surface area contributed by atoms with Gasteiger partial charge in [0, 0.05) is 6.04 Å². The summed E-state index contributed by atoms with van der Waals surface area (Å²) in [5, 5.41) is 0. The molecule has 0 bridgehead atoms. The van der Waals surface area contributed by atoms with Crippen LogP contribution < -0.4 is 16.0 Å². The average molecular weight is 292 g/mol. The number of methoxy groups -OCH3 is 1. The van der Waals surface area contributed by atoms with Gasteiger partial charge in [-0.05, 0) is 48.2 Å². The van der Waals surface area contributed by atoms with Crippen molar-refractivity contribution in [1.82, 2.24) is 5.43 Å². The van der Waals surface area contributed by atoms with Crippen molar-refractivity contribution in [2.45, 2.75) is 18.9 Å². The van der Waals surface area contributed by atoms with E-state index in [9.17, 15) is 8.78 Å². The van der Waals surface area contributed by atoms with E-state index < -0.39 is 11.6 Å². The second kappa shape index (κ2) is 7.15. The molecule has 2 aromatic carbocycles. The minimum atomic E-state index is -0.844. The molecule has 0 saturated carbocycles. The number of hydrogen-bond acceptors (Lipinski definition) is 3. The fourth-order valence-electron chi connectivity index (χ4n) is 2.23. The summed E-state index contributed by atoms with van der Waals surface area (Å²) in [6, 6.07) is 11.5. The quantitative estimate of drug-likeness (QED) is 0.635. The standard InChI is InChI=1S/C16H18F2N2O/c1-21-14-4-2-3-11(9-14)7-13(20-19)8-12-5-6-15(17)16(18)10-12/h2-6,9-10,13,20H,7-8,19H2,1H3. The zero-order valence-corrected chi connectivity index (χ0v) is 11.8. The molecule has 2 aromatic rings. The van der Waals surface area contributed by atoms with E-state index in [2.05, 4.69) is 5.43 Å². The van der Waals surface area contributed by atoms with Gasteiger partial charge in [0.2, 0.25) is 0 Å². The first-order chi connectivity index (χ1) is 10.1. The van der Waals surface area contributed by atoms with Gasteiger partial charge in [0.05, 0.1) is 7.11 Å². The van der Waals surface area contributed by atoms with E-state index in [0.29, 0.717) is 18.4 Å². The van der Waals surface area contributed by atoms with Crippen LogP contribution in [0.15, 0.2) is 42.5 Å². The van der Waals surface area contributed by atoms with Crippen molar-refractivity contribution >= 4 is 0 Å². The van der Waals surface area contributed by atoms with Crippen LogP contribution in [0.3, 0.4) is 0 Å². The number of ether oxygens (including phenoxy) is 1. The number of benzene rings is 2. The molecule has 0 spiro atoms. The Morgan fingerprint density at radius 1 is 1.05 bits per heavy atom. The van der Waals surface area contributed by atoms with Gasteiger partial charge in [0.15, 0.2) is 11.6 Å². The Kier molecular flexibility index (Phi) is 5.25. The summed E-state index contributed by atoms with van der Waals surface area (Å²) in [5.74, 6) is 4.65. The van der Waals surface area contributed by atoms with Crippen LogP contribution in [0.1, 0.15) is 11.1 Å². The molecule has 0 amide bonds. The number of nitrogens with two attached hydrogens (primary N) is 1. The number of hydrogen-bond donors (Lipinski definition) is 2. The van der Waals surface area contributed by atoms with Crippen LogP contribution in [0, 0.1) is 11.6 Å². The van der Waals surface area contributed by atoms with Crippen LogP contribution in [-0.2, 0) is 12.8 Å². The zero-order chi connectivity index (χ0) is 15.2. The lowest BCUT2D eigenvalue weighted by Crippen LogP contribution is -2.38. The van der Waals surface area contributed by atoms with E-state index in [-0.39, 0.29) is 6.04 Å². The zero-order valence-electron chi connectivity index (χ0n) is 11.8. The van der Waals surface area contributed by atoms with Gasteiger partial charge in [-0.1, -0.05) is 18.2 Å². The summed E-state index contributed by atoms with van der Waals surface area (Å²) < 4.78 is 31.3. The Morgan fingerprint density at radius 2 is 1.76 bits per heavy atom. The summed E-state index contributed by atoms with van der Waals surface area (Å²) in [7, 11) is 1.61. The SMILES string of the molecule is COc1cccc(CC(Cc2ccc(F)c(F)c2)NN)c1. The minimum Gasteiger partial charge on any atom is -0.497 e. The van der Waals surface area contributed by atoms with Crippen molar-refractivity contribution in [3.05, 3.63) is 65.2 Å². The molecule has 0 fully saturated rings. The Hall–Kier alpha value is -1.98. The minimum absolute atomic E-state index is 0.0815. The van der Waals surface area contributed by atoms with E-state index in [0.717, 1.165) is 17.4 Å². The largest absolute Gasteiger partial charge is 0.497 e. The fraction of sp³-hybridized carbons (Fsp3) is 0.250. The van der Waals surface area contributed by atoms with Gasteiger partial charge < -0.3 is 4.74 Å². The molecule has 3 nitrogen and oxygen atoms in total. The molecule has 0 heterocycles. The maximum Gasteiger partial charge on any atom is 0.159 e. The average Bonchev–Trinajstić information content (AvgIpc) is 2.50. The first-order valence-electron chi connectivity index (χ1n) is 6.65. The molecule has 3 N–H and O–H groups in total. The highest BCUT2D eigenvalue weighted by atomic mass is 19.2. The summed E-state index contributed by atoms with van der Waals surface area (Å²) in [6.45, 7) is 0. The molecule has 0 aliphatic rings. The normalized spacial score (nSPS) is 12.2. The number of nitrogens with one attached hydrogen (secondary N) is 1. The monoisotopic (exact) mass is 292 g/mol. The summed E-state index contributed by atoms with van der Waals surface area (Å²) >= 11 is 0. The molecule has 0 saturated heterocycles. The summed E-state index contributed by atoms with van der Waals surface area (Å²) in [6.07, 6.45) is 1.16. The lowest BCUT2D eigenvalue weighted by atomic mass is 9.99. The van der Waals surface area contributed by atoms with Gasteiger partial charge >= 0.3 is 0 Å². The molecule has 112 valence electrons. The second-order valence-corrected chi connectivity index (χ2v) is 4.87. The first kappa shape index (κ1) is 15.4. The summed E-state index contributed by atoms with van der Waals surface area (Å²) in [5.41, 5.74) is 4.46. The van der Waals surface area contributed by atoms with Crippen molar-refractivity contribution < 1.29 is 13.5 Å². The third-order valence-corrected chi connectivity index (χ3v) is 3.32. The van der Waals surface area contributed by atoms with Gasteiger partial charge in [-0.2, -0.15) is 0 Å². The molecule has 1 atom stereocenters. The highest BCUT2D eigenvalue weighted by Crippen LogP contribution is 2.16. The Morgan fingerprint density at radius 3 is 2.38 bits per heavy atom. The van der Waals surface area contributed by atoms with Gasteiger partial charge in [0.1, 0.15) is 5.75 Å². The molecular formula is C16H18F2N2O. The van der Waals surface area contributed by atoms with Crippen LogP contribution in [0.4, 0.5) is 8.78 Å². The van der Waals surface area contributed by atoms with Crippen molar-refractivity contribution in [3.63, 3.8) is 0 Å². The maximum absolute atomic E-state index is 13.2. The number of rotatable bonds is 6. The molecule has 2 rings (SSSR count). The van der Waals surface area contributed by atoms with E-state index in [1.54, 1.807) is 13.2 Å². The molecule has 1 unspecified atom stereocenters. The van der Waals surface area contributed by atoms with Crippen molar-refractivity contribution in [3.8, 4) is 5.75 Å². The highest BCUT2D eigenvalue weighted by Gasteiger charge is 2.11. The van der Waals surface area contributed by atoms with Gasteiger partial charge in [-0.25, -0.2) is 8.78 Å². The van der Waals surface area contributed by atoms with Gasteiger partial charge in [-0.3, -0.25) is 11.3 Å². The Bertz CT molecular complexity index is 605. The van der Waals surface area contributed by atoms with E-state index >= 15 is 0 Å². The Labute approximate surface area is 122 Å². The molecule has 0 aliphatic heterocycles. The van der Waals surface area contributed by atoms with Crippen molar-refractivity contribution in [2.24, 2.45) is 5.84 Å². The van der Waals surface area contributed by atoms with Crippen LogP contribution in [0.2, 0.25) is 0 Å². The third-order valence-electron chi connectivity index (χ3n) is 3.32. The predicted molar refractivity (Wildman–Crippen MR) is 77.9 cm³/mol. The lowest BCUT2D eigenvalue weighted by Gasteiger charge is -2.16. The van der Waals surface area contributed by atoms with Crippen LogP contribution >= 0.6 is 0 Å². The van der Waals surface area contributed by atoms with Crippen LogP contribution in [-0.4, -0.2) is 13.2 Å².